The third kappa shape index (κ3) is 5.60. The lowest BCUT2D eigenvalue weighted by Gasteiger charge is -2.28. The zero-order valence-corrected chi connectivity index (χ0v) is 28.8. The van der Waals surface area contributed by atoms with Gasteiger partial charge in [0.25, 0.3) is 0 Å². The fraction of sp³-hybridized carbons (Fsp3) is 0. The normalized spacial score (nSPS) is 12.5. The largest absolute Gasteiger partial charge is 0.310 e. The molecule has 0 aliphatic heterocycles. The van der Waals surface area contributed by atoms with E-state index in [9.17, 15) is 5.48 Å². The van der Waals surface area contributed by atoms with Crippen LogP contribution in [-0.2, 0) is 0 Å². The smallest absolute Gasteiger partial charge is 0.0645 e. The van der Waals surface area contributed by atoms with Crippen LogP contribution in [0.3, 0.4) is 0 Å². The Hall–Kier alpha value is -6.96. The topological polar surface area (TPSA) is 3.24 Å². The van der Waals surface area contributed by atoms with Crippen LogP contribution in [0.15, 0.2) is 212 Å². The molecule has 1 nitrogen and oxygen atoms in total. The van der Waals surface area contributed by atoms with E-state index in [2.05, 4.69) is 103 Å². The average molecular weight is 678 g/mol. The number of benzene rings is 10. The van der Waals surface area contributed by atoms with Gasteiger partial charge in [0.15, 0.2) is 0 Å². The lowest BCUT2D eigenvalue weighted by Crippen LogP contribution is -2.10. The van der Waals surface area contributed by atoms with Crippen molar-refractivity contribution in [3.05, 3.63) is 212 Å². The van der Waals surface area contributed by atoms with Gasteiger partial charge in [-0.25, -0.2) is 0 Å². The van der Waals surface area contributed by atoms with Gasteiger partial charge in [0, 0.05) is 16.8 Å². The van der Waals surface area contributed by atoms with Crippen LogP contribution in [0.4, 0.5) is 17.1 Å². The Bertz CT molecular complexity index is 3150. The SMILES string of the molecule is [2H]c1c([2H])c(N(c2ccc(-c3cccc(-c4ccccc4)c3)cc2)c2cc3ccccc3c3ccccc23)c([2H])c([2H])c1-c1ccc2c(ccc3ccccc32)c1. The van der Waals surface area contributed by atoms with Crippen molar-refractivity contribution in [3.8, 4) is 33.4 Å². The van der Waals surface area contributed by atoms with Crippen LogP contribution < -0.4 is 4.90 Å². The predicted octanol–water partition coefficient (Wildman–Crippen LogP) is 14.8. The molecule has 0 bridgehead atoms. The standard InChI is InChI=1S/C52H35N/c1-2-11-36(12-3-1)40-15-10-16-41(33-40)37-23-28-45(29-24-37)53(52-35-43-14-5-7-18-48(43)50-19-8-9-20-51(50)52)46-30-25-38(26-31-46)42-27-32-49-44(34-42)22-21-39-13-4-6-17-47(39)49/h1-35H/i25D,26D,30D,31D. The van der Waals surface area contributed by atoms with Crippen LogP contribution in [0.5, 0.6) is 0 Å². The summed E-state index contributed by atoms with van der Waals surface area (Å²) in [6.45, 7) is 0. The molecular formula is C52H35N. The first kappa shape index (κ1) is 26.8. The van der Waals surface area contributed by atoms with Crippen molar-refractivity contribution in [1.82, 2.24) is 0 Å². The zero-order chi connectivity index (χ0) is 38.6. The summed E-state index contributed by atoms with van der Waals surface area (Å²) in [7, 11) is 0. The van der Waals surface area contributed by atoms with E-state index in [-0.39, 0.29) is 35.4 Å². The molecule has 0 N–H and O–H groups in total. The Balaban J connectivity index is 1.16. The van der Waals surface area contributed by atoms with E-state index in [0.717, 1.165) is 76.7 Å². The molecule has 0 amide bonds. The summed E-state index contributed by atoms with van der Waals surface area (Å²) in [6.07, 6.45) is 0. The van der Waals surface area contributed by atoms with Gasteiger partial charge in [-0.15, -0.1) is 0 Å². The van der Waals surface area contributed by atoms with Crippen LogP contribution in [0, 0.1) is 0 Å². The second-order valence-electron chi connectivity index (χ2n) is 13.4. The fourth-order valence-electron chi connectivity index (χ4n) is 7.65. The van der Waals surface area contributed by atoms with Gasteiger partial charge in [-0.2, -0.15) is 0 Å². The maximum absolute atomic E-state index is 9.64. The summed E-state index contributed by atoms with van der Waals surface area (Å²) in [4.78, 5) is 1.91. The highest BCUT2D eigenvalue weighted by atomic mass is 15.1. The van der Waals surface area contributed by atoms with E-state index in [1.807, 2.05) is 89.8 Å². The molecule has 53 heavy (non-hydrogen) atoms. The summed E-state index contributed by atoms with van der Waals surface area (Å²) in [6, 6.07) is 63.4. The van der Waals surface area contributed by atoms with Gasteiger partial charge in [-0.3, -0.25) is 0 Å². The molecule has 0 heterocycles. The number of nitrogens with zero attached hydrogens (tertiary/aromatic N) is 1. The highest BCUT2D eigenvalue weighted by molar-refractivity contribution is 6.14. The minimum atomic E-state index is -0.110. The van der Waals surface area contributed by atoms with Crippen LogP contribution in [0.2, 0.25) is 0 Å². The third-order valence-corrected chi connectivity index (χ3v) is 10.3. The van der Waals surface area contributed by atoms with Crippen LogP contribution in [-0.4, -0.2) is 0 Å². The zero-order valence-electron chi connectivity index (χ0n) is 32.8. The Kier molecular flexibility index (Phi) is 6.56. The quantitative estimate of drug-likeness (QED) is 0.158. The van der Waals surface area contributed by atoms with Crippen LogP contribution >= 0.6 is 0 Å². The summed E-state index contributed by atoms with van der Waals surface area (Å²) in [5.41, 5.74) is 6.99. The molecular weight excluding hydrogens is 639 g/mol. The molecule has 0 unspecified atom stereocenters. The molecule has 0 aliphatic rings. The van der Waals surface area contributed by atoms with E-state index in [1.54, 1.807) is 0 Å². The lowest BCUT2D eigenvalue weighted by molar-refractivity contribution is 1.30. The first-order chi connectivity index (χ1) is 27.9. The second kappa shape index (κ2) is 13.0. The van der Waals surface area contributed by atoms with Gasteiger partial charge in [0.2, 0.25) is 0 Å². The van der Waals surface area contributed by atoms with E-state index in [1.165, 1.54) is 0 Å². The lowest BCUT2D eigenvalue weighted by atomic mass is 9.96. The van der Waals surface area contributed by atoms with E-state index < -0.39 is 0 Å². The van der Waals surface area contributed by atoms with Gasteiger partial charge in [0.1, 0.15) is 0 Å². The van der Waals surface area contributed by atoms with Crippen molar-refractivity contribution in [1.29, 1.82) is 0 Å². The molecule has 0 saturated heterocycles. The number of fused-ring (bicyclic) bond motifs is 6. The first-order valence-electron chi connectivity index (χ1n) is 19.9. The number of hydrogen-bond donors (Lipinski definition) is 0. The molecule has 0 spiro atoms. The van der Waals surface area contributed by atoms with Crippen molar-refractivity contribution in [2.45, 2.75) is 0 Å². The molecule has 248 valence electrons. The minimum Gasteiger partial charge on any atom is -0.310 e. The third-order valence-electron chi connectivity index (χ3n) is 10.3. The van der Waals surface area contributed by atoms with Crippen molar-refractivity contribution in [2.24, 2.45) is 0 Å². The molecule has 0 fully saturated rings. The molecule has 10 rings (SSSR count). The predicted molar refractivity (Wildman–Crippen MR) is 227 cm³/mol. The summed E-state index contributed by atoms with van der Waals surface area (Å²) in [5.74, 6) is 0. The molecule has 0 aliphatic carbocycles. The van der Waals surface area contributed by atoms with Crippen molar-refractivity contribution >= 4 is 60.2 Å². The molecule has 0 saturated carbocycles. The van der Waals surface area contributed by atoms with Gasteiger partial charge >= 0.3 is 0 Å². The molecule has 0 aromatic heterocycles. The van der Waals surface area contributed by atoms with Crippen molar-refractivity contribution < 1.29 is 5.48 Å². The fourth-order valence-corrected chi connectivity index (χ4v) is 7.65. The Morgan fingerprint density at radius 3 is 1.55 bits per heavy atom. The summed E-state index contributed by atoms with van der Waals surface area (Å²) in [5, 5.41) is 8.43. The maximum Gasteiger partial charge on any atom is 0.0645 e. The number of rotatable bonds is 6. The molecule has 10 aromatic carbocycles. The van der Waals surface area contributed by atoms with Crippen LogP contribution in [0.25, 0.3) is 76.5 Å². The van der Waals surface area contributed by atoms with Gasteiger partial charge in [0.05, 0.1) is 11.2 Å². The molecule has 0 atom stereocenters. The van der Waals surface area contributed by atoms with Gasteiger partial charge < -0.3 is 4.90 Å². The van der Waals surface area contributed by atoms with Gasteiger partial charge in [-0.05, 0) is 114 Å². The minimum absolute atomic E-state index is 0.0874. The highest BCUT2D eigenvalue weighted by Gasteiger charge is 2.18. The maximum atomic E-state index is 9.64. The monoisotopic (exact) mass is 677 g/mol. The molecule has 0 radical (unpaired) electrons. The number of anilines is 3. The Morgan fingerprint density at radius 1 is 0.283 bits per heavy atom. The second-order valence-corrected chi connectivity index (χ2v) is 13.4. The number of hydrogen-bond acceptors (Lipinski definition) is 1. The van der Waals surface area contributed by atoms with Crippen molar-refractivity contribution in [2.75, 3.05) is 4.90 Å². The van der Waals surface area contributed by atoms with Crippen molar-refractivity contribution in [3.63, 3.8) is 0 Å². The summed E-state index contributed by atoms with van der Waals surface area (Å²) < 4.78 is 38.3. The molecule has 1 heteroatoms. The highest BCUT2D eigenvalue weighted by Crippen LogP contribution is 2.43. The van der Waals surface area contributed by atoms with Gasteiger partial charge in [-0.1, -0.05) is 170 Å². The average Bonchev–Trinajstić information content (AvgIpc) is 3.27. The first-order valence-corrected chi connectivity index (χ1v) is 17.9. The van der Waals surface area contributed by atoms with E-state index in [4.69, 9.17) is 0 Å². The Morgan fingerprint density at radius 2 is 0.792 bits per heavy atom. The van der Waals surface area contributed by atoms with E-state index >= 15 is 0 Å². The van der Waals surface area contributed by atoms with E-state index in [0.29, 0.717) is 5.56 Å². The van der Waals surface area contributed by atoms with Crippen LogP contribution in [0.1, 0.15) is 5.48 Å². The molecule has 10 aromatic rings. The Labute approximate surface area is 315 Å². The summed E-state index contributed by atoms with van der Waals surface area (Å²) >= 11 is 0.